The maximum Gasteiger partial charge on any atom is 0.316 e. The van der Waals surface area contributed by atoms with Gasteiger partial charge in [0, 0.05) is 4.90 Å². The highest BCUT2D eigenvalue weighted by atomic mass is 32.2. The van der Waals surface area contributed by atoms with Crippen molar-refractivity contribution in [2.45, 2.75) is 18.7 Å². The summed E-state index contributed by atoms with van der Waals surface area (Å²) in [6, 6.07) is 7.50. The molecule has 0 bridgehead atoms. The summed E-state index contributed by atoms with van der Waals surface area (Å²) in [6.45, 7) is 4.12. The maximum atomic E-state index is 11.2. The van der Waals surface area contributed by atoms with E-state index in [0.29, 0.717) is 17.9 Å². The molecule has 0 spiro atoms. The number of rotatable bonds is 4. The standard InChI is InChI=1S/C12H13NO2S/c1-3-15-12(14)8-16-11-5-4-10(7-13)6-9(11)2/h4-6H,3,8H2,1-2H3. The molecule has 0 aliphatic rings. The van der Waals surface area contributed by atoms with E-state index in [-0.39, 0.29) is 5.97 Å². The van der Waals surface area contributed by atoms with E-state index in [1.165, 1.54) is 11.8 Å². The fourth-order valence-corrected chi connectivity index (χ4v) is 2.03. The van der Waals surface area contributed by atoms with E-state index in [4.69, 9.17) is 10.00 Å². The van der Waals surface area contributed by atoms with Crippen LogP contribution in [0.15, 0.2) is 23.1 Å². The Morgan fingerprint density at radius 2 is 2.31 bits per heavy atom. The zero-order valence-corrected chi connectivity index (χ0v) is 10.1. The summed E-state index contributed by atoms with van der Waals surface area (Å²) < 4.78 is 4.84. The van der Waals surface area contributed by atoms with Gasteiger partial charge in [-0.25, -0.2) is 0 Å². The van der Waals surface area contributed by atoms with E-state index in [0.717, 1.165) is 10.5 Å². The first-order valence-electron chi connectivity index (χ1n) is 4.96. The Kier molecular flexibility index (Phi) is 4.87. The highest BCUT2D eigenvalue weighted by Crippen LogP contribution is 2.23. The van der Waals surface area contributed by atoms with Crippen LogP contribution in [0.5, 0.6) is 0 Å². The minimum Gasteiger partial charge on any atom is -0.465 e. The summed E-state index contributed by atoms with van der Waals surface area (Å²) in [6.07, 6.45) is 0. The number of esters is 1. The second-order valence-corrected chi connectivity index (χ2v) is 4.20. The number of benzene rings is 1. The molecule has 0 aromatic heterocycles. The Morgan fingerprint density at radius 1 is 1.56 bits per heavy atom. The largest absolute Gasteiger partial charge is 0.465 e. The number of hydrogen-bond donors (Lipinski definition) is 0. The molecule has 0 saturated heterocycles. The minimum atomic E-state index is -0.212. The molecule has 84 valence electrons. The molecule has 0 unspecified atom stereocenters. The number of nitriles is 1. The van der Waals surface area contributed by atoms with Crippen molar-refractivity contribution >= 4 is 17.7 Å². The van der Waals surface area contributed by atoms with Crippen LogP contribution in [0.1, 0.15) is 18.1 Å². The maximum absolute atomic E-state index is 11.2. The molecule has 1 rings (SSSR count). The molecular formula is C12H13NO2S. The first kappa shape index (κ1) is 12.6. The molecule has 0 atom stereocenters. The molecule has 1 aromatic carbocycles. The molecule has 0 N–H and O–H groups in total. The summed E-state index contributed by atoms with van der Waals surface area (Å²) in [7, 11) is 0. The molecule has 16 heavy (non-hydrogen) atoms. The topological polar surface area (TPSA) is 50.1 Å². The molecular weight excluding hydrogens is 222 g/mol. The van der Waals surface area contributed by atoms with E-state index in [1.54, 1.807) is 13.0 Å². The normalized spacial score (nSPS) is 9.56. The third kappa shape index (κ3) is 3.59. The molecule has 0 aliphatic carbocycles. The lowest BCUT2D eigenvalue weighted by Crippen LogP contribution is -2.06. The highest BCUT2D eigenvalue weighted by molar-refractivity contribution is 8.00. The number of aryl methyl sites for hydroxylation is 1. The third-order valence-corrected chi connectivity index (χ3v) is 3.10. The smallest absolute Gasteiger partial charge is 0.316 e. The van der Waals surface area contributed by atoms with E-state index < -0.39 is 0 Å². The second-order valence-electron chi connectivity index (χ2n) is 3.19. The van der Waals surface area contributed by atoms with Crippen LogP contribution in [0.4, 0.5) is 0 Å². The summed E-state index contributed by atoms with van der Waals surface area (Å²) in [5, 5.41) is 8.71. The number of thioether (sulfide) groups is 1. The fourth-order valence-electron chi connectivity index (χ4n) is 1.22. The monoisotopic (exact) mass is 235 g/mol. The Hall–Kier alpha value is -1.47. The van der Waals surface area contributed by atoms with Crippen LogP contribution in [0.25, 0.3) is 0 Å². The van der Waals surface area contributed by atoms with Crippen molar-refractivity contribution < 1.29 is 9.53 Å². The van der Waals surface area contributed by atoms with Crippen molar-refractivity contribution in [3.63, 3.8) is 0 Å². The van der Waals surface area contributed by atoms with Gasteiger partial charge < -0.3 is 4.74 Å². The summed E-state index contributed by atoms with van der Waals surface area (Å²) in [5.74, 6) is 0.0943. The van der Waals surface area contributed by atoms with Gasteiger partial charge in [-0.2, -0.15) is 5.26 Å². The van der Waals surface area contributed by atoms with Gasteiger partial charge in [-0.3, -0.25) is 4.79 Å². The van der Waals surface area contributed by atoms with Gasteiger partial charge in [0.15, 0.2) is 0 Å². The highest BCUT2D eigenvalue weighted by Gasteiger charge is 2.05. The average Bonchev–Trinajstić information content (AvgIpc) is 2.27. The first-order chi connectivity index (χ1) is 7.67. The zero-order valence-electron chi connectivity index (χ0n) is 9.32. The molecule has 0 fully saturated rings. The predicted molar refractivity (Wildman–Crippen MR) is 63.3 cm³/mol. The molecule has 1 aromatic rings. The third-order valence-electron chi connectivity index (χ3n) is 1.95. The van der Waals surface area contributed by atoms with Crippen molar-refractivity contribution in [2.24, 2.45) is 0 Å². The van der Waals surface area contributed by atoms with Crippen molar-refractivity contribution in [1.82, 2.24) is 0 Å². The quantitative estimate of drug-likeness (QED) is 0.594. The van der Waals surface area contributed by atoms with Crippen LogP contribution in [0.3, 0.4) is 0 Å². The van der Waals surface area contributed by atoms with Crippen molar-refractivity contribution in [1.29, 1.82) is 5.26 Å². The van der Waals surface area contributed by atoms with E-state index in [2.05, 4.69) is 6.07 Å². The van der Waals surface area contributed by atoms with Gasteiger partial charge in [0.25, 0.3) is 0 Å². The Labute approximate surface area is 99.4 Å². The Morgan fingerprint density at radius 3 is 2.88 bits per heavy atom. The lowest BCUT2D eigenvalue weighted by atomic mass is 10.2. The van der Waals surface area contributed by atoms with E-state index in [9.17, 15) is 4.79 Å². The SMILES string of the molecule is CCOC(=O)CSc1ccc(C#N)cc1C. The summed E-state index contributed by atoms with van der Waals surface area (Å²) in [5.41, 5.74) is 1.64. The van der Waals surface area contributed by atoms with Gasteiger partial charge in [0.05, 0.1) is 24.0 Å². The number of hydrogen-bond acceptors (Lipinski definition) is 4. The molecule has 3 nitrogen and oxygen atoms in total. The van der Waals surface area contributed by atoms with Crippen LogP contribution in [0.2, 0.25) is 0 Å². The predicted octanol–water partition coefficient (Wildman–Crippen LogP) is 2.52. The number of carbonyl (C=O) groups excluding carboxylic acids is 1. The van der Waals surface area contributed by atoms with Crippen LogP contribution in [0, 0.1) is 18.3 Å². The number of nitrogens with zero attached hydrogens (tertiary/aromatic N) is 1. The Bertz CT molecular complexity index is 424. The molecule has 0 radical (unpaired) electrons. The van der Waals surface area contributed by atoms with Crippen LogP contribution >= 0.6 is 11.8 Å². The molecule has 0 saturated carbocycles. The van der Waals surface area contributed by atoms with Gasteiger partial charge >= 0.3 is 5.97 Å². The van der Waals surface area contributed by atoms with Crippen molar-refractivity contribution in [3.8, 4) is 6.07 Å². The van der Waals surface area contributed by atoms with Crippen LogP contribution in [-0.4, -0.2) is 18.3 Å². The first-order valence-corrected chi connectivity index (χ1v) is 5.95. The van der Waals surface area contributed by atoms with Crippen molar-refractivity contribution in [3.05, 3.63) is 29.3 Å². The molecule has 0 aliphatic heterocycles. The summed E-state index contributed by atoms with van der Waals surface area (Å²) in [4.78, 5) is 12.2. The average molecular weight is 235 g/mol. The molecule has 0 amide bonds. The Balaban J connectivity index is 2.62. The number of carbonyl (C=O) groups is 1. The van der Waals surface area contributed by atoms with E-state index in [1.807, 2.05) is 19.1 Å². The fraction of sp³-hybridized carbons (Fsp3) is 0.333. The van der Waals surface area contributed by atoms with Gasteiger partial charge in [-0.05, 0) is 37.6 Å². The van der Waals surface area contributed by atoms with Crippen LogP contribution in [-0.2, 0) is 9.53 Å². The van der Waals surface area contributed by atoms with E-state index >= 15 is 0 Å². The van der Waals surface area contributed by atoms with Gasteiger partial charge in [-0.15, -0.1) is 11.8 Å². The minimum absolute atomic E-state index is 0.212. The van der Waals surface area contributed by atoms with Crippen LogP contribution < -0.4 is 0 Å². The molecule has 0 heterocycles. The van der Waals surface area contributed by atoms with Gasteiger partial charge in [0.2, 0.25) is 0 Å². The van der Waals surface area contributed by atoms with Gasteiger partial charge in [-0.1, -0.05) is 0 Å². The molecule has 4 heteroatoms. The van der Waals surface area contributed by atoms with Gasteiger partial charge in [0.1, 0.15) is 0 Å². The van der Waals surface area contributed by atoms with Crippen molar-refractivity contribution in [2.75, 3.05) is 12.4 Å². The zero-order chi connectivity index (χ0) is 12.0. The summed E-state index contributed by atoms with van der Waals surface area (Å²) >= 11 is 1.43. The second kappa shape index (κ2) is 6.19. The lowest BCUT2D eigenvalue weighted by molar-refractivity contribution is -0.139. The lowest BCUT2D eigenvalue weighted by Gasteiger charge is -2.05. The number of ether oxygens (including phenoxy) is 1.